The predicted molar refractivity (Wildman–Crippen MR) is 96.9 cm³/mol. The molecule has 0 bridgehead atoms. The first kappa shape index (κ1) is 19.4. The fraction of sp³-hybridized carbons (Fsp3) is 0.706. The van der Waals surface area contributed by atoms with Crippen LogP contribution < -0.4 is 11.2 Å². The van der Waals surface area contributed by atoms with E-state index in [-0.39, 0.29) is 12.3 Å². The summed E-state index contributed by atoms with van der Waals surface area (Å²) in [6.07, 6.45) is 2.06. The number of amides is 1. The minimum Gasteiger partial charge on any atom is -0.341 e. The summed E-state index contributed by atoms with van der Waals surface area (Å²) in [4.78, 5) is 46.9. The molecule has 1 amide bonds. The molecule has 1 atom stereocenters. The molecule has 0 radical (unpaired) electrons. The number of H-pyrrole nitrogens is 2. The summed E-state index contributed by atoms with van der Waals surface area (Å²) < 4.78 is 0. The minimum absolute atomic E-state index is 0.0199. The fourth-order valence-electron chi connectivity index (χ4n) is 3.18. The molecular weight excluding hydrogens is 322 g/mol. The molecule has 1 aromatic heterocycles. The summed E-state index contributed by atoms with van der Waals surface area (Å²) in [5.41, 5.74) is -0.225. The number of likely N-dealkylation sites (tertiary alicyclic amines) is 1. The molecule has 1 aliphatic rings. The third-order valence-electron chi connectivity index (χ3n) is 4.86. The van der Waals surface area contributed by atoms with E-state index in [1.807, 2.05) is 4.90 Å². The Kier molecular flexibility index (Phi) is 6.55. The Morgan fingerprint density at radius 1 is 1.20 bits per heavy atom. The second kappa shape index (κ2) is 8.44. The molecule has 140 valence electrons. The van der Waals surface area contributed by atoms with Gasteiger partial charge in [0.25, 0.3) is 5.56 Å². The predicted octanol–water partition coefficient (Wildman–Crippen LogP) is -0.601. The van der Waals surface area contributed by atoms with Gasteiger partial charge in [0.1, 0.15) is 0 Å². The number of aromatic nitrogens is 2. The first-order chi connectivity index (χ1) is 11.8. The van der Waals surface area contributed by atoms with Crippen LogP contribution in [0.4, 0.5) is 0 Å². The second-order valence-corrected chi connectivity index (χ2v) is 7.11. The maximum Gasteiger partial charge on any atom is 0.325 e. The Morgan fingerprint density at radius 3 is 2.56 bits per heavy atom. The zero-order valence-electron chi connectivity index (χ0n) is 15.6. The molecule has 2 rings (SSSR count). The molecule has 1 saturated heterocycles. The van der Waals surface area contributed by atoms with E-state index in [1.165, 1.54) is 0 Å². The van der Waals surface area contributed by atoms with Crippen LogP contribution in [0.2, 0.25) is 0 Å². The van der Waals surface area contributed by atoms with Gasteiger partial charge in [-0.05, 0) is 40.9 Å². The van der Waals surface area contributed by atoms with Crippen molar-refractivity contribution in [1.82, 2.24) is 24.7 Å². The van der Waals surface area contributed by atoms with Crippen molar-refractivity contribution in [1.29, 1.82) is 0 Å². The standard InChI is InChI=1S/C17H29N5O3/c1-12-14(16(24)19-17(25)18-12)10-15(23)22-7-5-6-13(11-22)21(4)9-8-20(2)3/h13H,5-11H2,1-4H3,(H2,18,19,24,25). The smallest absolute Gasteiger partial charge is 0.325 e. The zero-order chi connectivity index (χ0) is 18.6. The van der Waals surface area contributed by atoms with Gasteiger partial charge in [0, 0.05) is 43.5 Å². The highest BCUT2D eigenvalue weighted by molar-refractivity contribution is 5.79. The summed E-state index contributed by atoms with van der Waals surface area (Å²) in [6.45, 7) is 4.98. The van der Waals surface area contributed by atoms with Crippen molar-refractivity contribution in [2.45, 2.75) is 32.2 Å². The molecule has 25 heavy (non-hydrogen) atoms. The number of hydrogen-bond donors (Lipinski definition) is 2. The molecule has 1 fully saturated rings. The largest absolute Gasteiger partial charge is 0.341 e. The highest BCUT2D eigenvalue weighted by Gasteiger charge is 2.27. The van der Waals surface area contributed by atoms with Crippen molar-refractivity contribution >= 4 is 5.91 Å². The van der Waals surface area contributed by atoms with Gasteiger partial charge in [-0.2, -0.15) is 0 Å². The number of carbonyl (C=O) groups is 1. The molecule has 0 saturated carbocycles. The number of aromatic amines is 2. The molecule has 0 aliphatic carbocycles. The molecule has 1 aliphatic heterocycles. The van der Waals surface area contributed by atoms with Crippen molar-refractivity contribution in [2.24, 2.45) is 0 Å². The molecular formula is C17H29N5O3. The Labute approximate surface area is 147 Å². The van der Waals surface area contributed by atoms with Crippen LogP contribution in [0.5, 0.6) is 0 Å². The van der Waals surface area contributed by atoms with Gasteiger partial charge in [0.15, 0.2) is 0 Å². The Bertz CT molecular complexity index is 709. The number of nitrogens with one attached hydrogen (secondary N) is 2. The first-order valence-electron chi connectivity index (χ1n) is 8.72. The lowest BCUT2D eigenvalue weighted by Gasteiger charge is -2.38. The van der Waals surface area contributed by atoms with Gasteiger partial charge in [-0.15, -0.1) is 0 Å². The van der Waals surface area contributed by atoms with E-state index in [9.17, 15) is 14.4 Å². The topological polar surface area (TPSA) is 92.5 Å². The second-order valence-electron chi connectivity index (χ2n) is 7.11. The molecule has 8 nitrogen and oxygen atoms in total. The number of carbonyl (C=O) groups excluding carboxylic acids is 1. The van der Waals surface area contributed by atoms with Gasteiger partial charge in [0.05, 0.1) is 6.42 Å². The maximum absolute atomic E-state index is 12.6. The van der Waals surface area contributed by atoms with Crippen molar-refractivity contribution in [3.63, 3.8) is 0 Å². The van der Waals surface area contributed by atoms with E-state index < -0.39 is 11.2 Å². The highest BCUT2D eigenvalue weighted by Crippen LogP contribution is 2.16. The number of aryl methyl sites for hydroxylation is 1. The summed E-state index contributed by atoms with van der Waals surface area (Å²) in [5, 5.41) is 0. The molecule has 0 spiro atoms. The Hall–Kier alpha value is -1.93. The quantitative estimate of drug-likeness (QED) is 0.714. The van der Waals surface area contributed by atoms with E-state index in [4.69, 9.17) is 0 Å². The molecule has 1 aromatic rings. The van der Waals surface area contributed by atoms with Crippen molar-refractivity contribution in [2.75, 3.05) is 47.3 Å². The number of rotatable bonds is 6. The SMILES string of the molecule is Cc1[nH]c(=O)[nH]c(=O)c1CC(=O)N1CCCC(N(C)CCN(C)C)C1. The zero-order valence-corrected chi connectivity index (χ0v) is 15.6. The van der Waals surface area contributed by atoms with E-state index in [0.29, 0.717) is 23.8 Å². The van der Waals surface area contributed by atoms with Crippen LogP contribution >= 0.6 is 0 Å². The van der Waals surface area contributed by atoms with Crippen molar-refractivity contribution < 1.29 is 4.79 Å². The average Bonchev–Trinajstić information content (AvgIpc) is 2.55. The highest BCUT2D eigenvalue weighted by atomic mass is 16.2. The van der Waals surface area contributed by atoms with Crippen LogP contribution in [-0.2, 0) is 11.2 Å². The summed E-state index contributed by atoms with van der Waals surface area (Å²) in [6, 6.07) is 0.340. The fourth-order valence-corrected chi connectivity index (χ4v) is 3.18. The molecule has 8 heteroatoms. The third-order valence-corrected chi connectivity index (χ3v) is 4.86. The number of hydrogen-bond acceptors (Lipinski definition) is 5. The van der Waals surface area contributed by atoms with Crippen molar-refractivity contribution in [3.8, 4) is 0 Å². The summed E-state index contributed by atoms with van der Waals surface area (Å²) in [7, 11) is 6.20. The number of likely N-dealkylation sites (N-methyl/N-ethyl adjacent to an activating group) is 2. The van der Waals surface area contributed by atoms with Crippen LogP contribution in [0.15, 0.2) is 9.59 Å². The molecule has 1 unspecified atom stereocenters. The third kappa shape index (κ3) is 5.27. The van der Waals surface area contributed by atoms with Gasteiger partial charge in [0.2, 0.25) is 5.91 Å². The van der Waals surface area contributed by atoms with Crippen LogP contribution in [0.1, 0.15) is 24.1 Å². The van der Waals surface area contributed by atoms with Crippen LogP contribution in [0.3, 0.4) is 0 Å². The van der Waals surface area contributed by atoms with Crippen LogP contribution in [0.25, 0.3) is 0 Å². The van der Waals surface area contributed by atoms with Gasteiger partial charge in [-0.3, -0.25) is 14.6 Å². The van der Waals surface area contributed by atoms with E-state index in [2.05, 4.69) is 40.9 Å². The van der Waals surface area contributed by atoms with E-state index >= 15 is 0 Å². The summed E-state index contributed by atoms with van der Waals surface area (Å²) >= 11 is 0. The lowest BCUT2D eigenvalue weighted by atomic mass is 10.0. The lowest BCUT2D eigenvalue weighted by Crippen LogP contribution is -2.50. The molecule has 0 aromatic carbocycles. The van der Waals surface area contributed by atoms with E-state index in [1.54, 1.807) is 6.92 Å². The molecule has 2 N–H and O–H groups in total. The lowest BCUT2D eigenvalue weighted by molar-refractivity contribution is -0.132. The average molecular weight is 351 g/mol. The Balaban J connectivity index is 2.00. The van der Waals surface area contributed by atoms with Gasteiger partial charge < -0.3 is 19.7 Å². The van der Waals surface area contributed by atoms with Crippen LogP contribution in [0, 0.1) is 6.92 Å². The first-order valence-corrected chi connectivity index (χ1v) is 8.72. The van der Waals surface area contributed by atoms with Crippen molar-refractivity contribution in [3.05, 3.63) is 32.1 Å². The van der Waals surface area contributed by atoms with Gasteiger partial charge in [-0.1, -0.05) is 0 Å². The number of nitrogens with zero attached hydrogens (tertiary/aromatic N) is 3. The maximum atomic E-state index is 12.6. The Morgan fingerprint density at radius 2 is 1.92 bits per heavy atom. The van der Waals surface area contributed by atoms with Gasteiger partial charge in [-0.25, -0.2) is 4.79 Å². The van der Waals surface area contributed by atoms with Crippen LogP contribution in [-0.4, -0.2) is 83.9 Å². The summed E-state index contributed by atoms with van der Waals surface area (Å²) in [5.74, 6) is -0.0636. The molecule has 2 heterocycles. The normalized spacial score (nSPS) is 18.2. The number of piperidine rings is 1. The van der Waals surface area contributed by atoms with E-state index in [0.717, 1.165) is 32.5 Å². The monoisotopic (exact) mass is 351 g/mol. The van der Waals surface area contributed by atoms with Gasteiger partial charge >= 0.3 is 5.69 Å². The minimum atomic E-state index is -0.542.